The van der Waals surface area contributed by atoms with E-state index >= 15 is 0 Å². The van der Waals surface area contributed by atoms with Crippen LogP contribution < -0.4 is 10.6 Å². The summed E-state index contributed by atoms with van der Waals surface area (Å²) in [4.78, 5) is 16.2. The summed E-state index contributed by atoms with van der Waals surface area (Å²) in [5, 5.41) is 6.29. The number of guanidine groups is 1. The molecule has 1 aliphatic rings. The number of hydrogen-bond acceptors (Lipinski definition) is 3. The van der Waals surface area contributed by atoms with E-state index in [1.54, 1.807) is 6.07 Å². The maximum atomic E-state index is 14.1. The van der Waals surface area contributed by atoms with Crippen LogP contribution in [0.5, 0.6) is 0 Å². The van der Waals surface area contributed by atoms with Gasteiger partial charge in [-0.1, -0.05) is 18.2 Å². The third kappa shape index (κ3) is 6.74. The molecular weight excluding hydrogens is 448 g/mol. The van der Waals surface area contributed by atoms with Crippen LogP contribution in [-0.4, -0.2) is 37.7 Å². The first-order chi connectivity index (χ1) is 12.0. The van der Waals surface area contributed by atoms with E-state index in [1.165, 1.54) is 6.07 Å². The molecule has 1 aliphatic carbocycles. The molecule has 0 unspecified atom stereocenters. The lowest BCUT2D eigenvalue weighted by molar-refractivity contribution is -0.147. The molecule has 1 aromatic rings. The van der Waals surface area contributed by atoms with E-state index in [-0.39, 0.29) is 53.7 Å². The van der Waals surface area contributed by atoms with Crippen LogP contribution in [0.15, 0.2) is 29.3 Å². The number of rotatable bonds is 8. The van der Waals surface area contributed by atoms with Gasteiger partial charge in [-0.25, -0.2) is 4.39 Å². The Kier molecular flexibility index (Phi) is 9.32. The Morgan fingerprint density at radius 2 is 2.00 bits per heavy atom. The summed E-state index contributed by atoms with van der Waals surface area (Å²) in [5.74, 6) is 0.246. The Morgan fingerprint density at radius 3 is 2.58 bits per heavy atom. The molecule has 1 aromatic carbocycles. The number of aliphatic imine (C=N–C) groups is 1. The van der Waals surface area contributed by atoms with Crippen LogP contribution in [0.2, 0.25) is 0 Å². The van der Waals surface area contributed by atoms with E-state index in [2.05, 4.69) is 15.6 Å². The summed E-state index contributed by atoms with van der Waals surface area (Å²) < 4.78 is 19.2. The second-order valence-corrected chi connectivity index (χ2v) is 6.67. The van der Waals surface area contributed by atoms with Crippen molar-refractivity contribution in [1.82, 2.24) is 10.6 Å². The molecule has 5 nitrogen and oxygen atoms in total. The SMILES string of the molecule is CCNC(=NCC1(c2ccccc2F)CC1)NCCC(=O)OC(C)C.I. The standard InChI is InChI=1S/C19H28FN3O2.HI/c1-4-21-18(22-12-9-17(24)25-14(2)3)23-13-19(10-11-19)15-7-5-6-8-16(15)20;/h5-8,14H,4,9-13H2,1-3H3,(H2,21,22,23);1H. The molecule has 1 saturated carbocycles. The third-order valence-electron chi connectivity index (χ3n) is 4.17. The zero-order valence-corrected chi connectivity index (χ0v) is 18.0. The number of carbonyl (C=O) groups excluding carboxylic acids is 1. The lowest BCUT2D eigenvalue weighted by Crippen LogP contribution is -2.39. The Bertz CT molecular complexity index is 619. The minimum Gasteiger partial charge on any atom is -0.463 e. The zero-order valence-electron chi connectivity index (χ0n) is 15.7. The number of nitrogens with zero attached hydrogens (tertiary/aromatic N) is 1. The largest absolute Gasteiger partial charge is 0.463 e. The molecule has 7 heteroatoms. The van der Waals surface area contributed by atoms with Crippen LogP contribution in [0.3, 0.4) is 0 Å². The molecule has 0 saturated heterocycles. The highest BCUT2D eigenvalue weighted by Crippen LogP contribution is 2.49. The van der Waals surface area contributed by atoms with Crippen LogP contribution in [-0.2, 0) is 14.9 Å². The molecule has 26 heavy (non-hydrogen) atoms. The van der Waals surface area contributed by atoms with Gasteiger partial charge in [0.15, 0.2) is 5.96 Å². The zero-order chi connectivity index (χ0) is 18.3. The highest BCUT2D eigenvalue weighted by atomic mass is 127. The summed E-state index contributed by atoms with van der Waals surface area (Å²) >= 11 is 0. The van der Waals surface area contributed by atoms with Gasteiger partial charge in [-0.2, -0.15) is 0 Å². The molecule has 146 valence electrons. The topological polar surface area (TPSA) is 62.7 Å². The smallest absolute Gasteiger partial charge is 0.307 e. The quantitative estimate of drug-likeness (QED) is 0.261. The molecule has 0 bridgehead atoms. The highest BCUT2D eigenvalue weighted by molar-refractivity contribution is 14.0. The van der Waals surface area contributed by atoms with E-state index < -0.39 is 0 Å². The first-order valence-electron chi connectivity index (χ1n) is 8.93. The molecule has 0 spiro atoms. The number of halogens is 2. The van der Waals surface area contributed by atoms with E-state index in [0.717, 1.165) is 24.9 Å². The van der Waals surface area contributed by atoms with Crippen LogP contribution >= 0.6 is 24.0 Å². The minimum atomic E-state index is -0.233. The molecule has 2 N–H and O–H groups in total. The summed E-state index contributed by atoms with van der Waals surface area (Å²) in [7, 11) is 0. The van der Waals surface area contributed by atoms with Crippen LogP contribution in [0.1, 0.15) is 45.6 Å². The predicted octanol–water partition coefficient (Wildman–Crippen LogP) is 3.37. The van der Waals surface area contributed by atoms with E-state index in [0.29, 0.717) is 19.0 Å². The maximum absolute atomic E-state index is 14.1. The van der Waals surface area contributed by atoms with Gasteiger partial charge < -0.3 is 15.4 Å². The summed E-state index contributed by atoms with van der Waals surface area (Å²) in [6.45, 7) is 7.33. The fraction of sp³-hybridized carbons (Fsp3) is 0.579. The first kappa shape index (κ1) is 22.7. The Balaban J connectivity index is 0.00000338. The van der Waals surface area contributed by atoms with E-state index in [9.17, 15) is 9.18 Å². The molecule has 0 radical (unpaired) electrons. The average Bonchev–Trinajstić information content (AvgIpc) is 3.33. The van der Waals surface area contributed by atoms with Crippen molar-refractivity contribution < 1.29 is 13.9 Å². The van der Waals surface area contributed by atoms with Crippen molar-refractivity contribution in [2.45, 2.75) is 51.6 Å². The number of benzene rings is 1. The number of esters is 1. The maximum Gasteiger partial charge on any atom is 0.307 e. The van der Waals surface area contributed by atoms with Crippen molar-refractivity contribution in [2.75, 3.05) is 19.6 Å². The fourth-order valence-corrected chi connectivity index (χ4v) is 2.73. The van der Waals surface area contributed by atoms with Gasteiger partial charge in [-0.3, -0.25) is 9.79 Å². The van der Waals surface area contributed by atoms with Gasteiger partial charge in [-0.05, 0) is 45.2 Å². The number of hydrogen-bond donors (Lipinski definition) is 2. The van der Waals surface area contributed by atoms with E-state index in [1.807, 2.05) is 32.9 Å². The Morgan fingerprint density at radius 1 is 1.31 bits per heavy atom. The third-order valence-corrected chi connectivity index (χ3v) is 4.17. The molecular formula is C19H29FIN3O2. The second-order valence-electron chi connectivity index (χ2n) is 6.67. The molecule has 0 heterocycles. The van der Waals surface area contributed by atoms with Gasteiger partial charge in [0.25, 0.3) is 0 Å². The highest BCUT2D eigenvalue weighted by Gasteiger charge is 2.45. The number of ether oxygens (including phenoxy) is 1. The lowest BCUT2D eigenvalue weighted by atomic mass is 9.95. The summed E-state index contributed by atoms with van der Waals surface area (Å²) in [6.07, 6.45) is 2.06. The molecule has 0 aromatic heterocycles. The fourth-order valence-electron chi connectivity index (χ4n) is 2.73. The van der Waals surface area contributed by atoms with Crippen LogP contribution in [0.25, 0.3) is 0 Å². The van der Waals surface area contributed by atoms with Gasteiger partial charge in [-0.15, -0.1) is 24.0 Å². The van der Waals surface area contributed by atoms with Gasteiger partial charge >= 0.3 is 5.97 Å². The molecule has 0 amide bonds. The first-order valence-corrected chi connectivity index (χ1v) is 8.93. The summed E-state index contributed by atoms with van der Waals surface area (Å²) in [6, 6.07) is 6.93. The number of nitrogens with one attached hydrogen (secondary N) is 2. The second kappa shape index (κ2) is 10.7. The van der Waals surface area contributed by atoms with Crippen molar-refractivity contribution in [1.29, 1.82) is 0 Å². The van der Waals surface area contributed by atoms with E-state index in [4.69, 9.17) is 4.74 Å². The average molecular weight is 477 g/mol. The predicted molar refractivity (Wildman–Crippen MR) is 113 cm³/mol. The van der Waals surface area contributed by atoms with Crippen molar-refractivity contribution >= 4 is 35.9 Å². The van der Waals surface area contributed by atoms with Crippen LogP contribution in [0.4, 0.5) is 4.39 Å². The summed E-state index contributed by atoms with van der Waals surface area (Å²) in [5.41, 5.74) is 0.555. The monoisotopic (exact) mass is 477 g/mol. The lowest BCUT2D eigenvalue weighted by Gasteiger charge is -2.16. The minimum absolute atomic E-state index is 0. The molecule has 2 rings (SSSR count). The van der Waals surface area contributed by atoms with Gasteiger partial charge in [0.2, 0.25) is 0 Å². The molecule has 0 aliphatic heterocycles. The Hall–Kier alpha value is -1.38. The number of carbonyl (C=O) groups is 1. The van der Waals surface area contributed by atoms with Crippen LogP contribution in [0, 0.1) is 5.82 Å². The van der Waals surface area contributed by atoms with Gasteiger partial charge in [0.05, 0.1) is 19.1 Å². The van der Waals surface area contributed by atoms with Crippen molar-refractivity contribution in [2.24, 2.45) is 4.99 Å². The molecule has 1 fully saturated rings. The van der Waals surface area contributed by atoms with Crippen molar-refractivity contribution in [3.63, 3.8) is 0 Å². The Labute approximate surface area is 172 Å². The normalized spacial score (nSPS) is 15.2. The van der Waals surface area contributed by atoms with Gasteiger partial charge in [0.1, 0.15) is 5.82 Å². The van der Waals surface area contributed by atoms with Gasteiger partial charge in [0, 0.05) is 18.5 Å². The van der Waals surface area contributed by atoms with Crippen molar-refractivity contribution in [3.05, 3.63) is 35.6 Å². The molecule has 0 atom stereocenters. The van der Waals surface area contributed by atoms with Crippen molar-refractivity contribution in [3.8, 4) is 0 Å².